The zero-order chi connectivity index (χ0) is 16.3. The number of methoxy groups -OCH3 is 1. The molecule has 6 heteroatoms. The third kappa shape index (κ3) is 4.43. The summed E-state index contributed by atoms with van der Waals surface area (Å²) < 4.78 is 10.6. The average molecular weight is 312 g/mol. The molecule has 2 rings (SSSR count). The fourth-order valence-electron chi connectivity index (χ4n) is 3.53. The van der Waals surface area contributed by atoms with Crippen LogP contribution in [-0.2, 0) is 19.1 Å². The van der Waals surface area contributed by atoms with Gasteiger partial charge in [0, 0.05) is 26.2 Å². The molecule has 6 nitrogen and oxygen atoms in total. The molecular formula is C16H28N2O4. The summed E-state index contributed by atoms with van der Waals surface area (Å²) in [6.07, 6.45) is 1.54. The third-order valence-corrected chi connectivity index (χ3v) is 4.38. The Hall–Kier alpha value is -1.14. The van der Waals surface area contributed by atoms with Gasteiger partial charge in [0.05, 0.1) is 31.3 Å². The van der Waals surface area contributed by atoms with Crippen molar-refractivity contribution in [2.45, 2.75) is 45.3 Å². The van der Waals surface area contributed by atoms with Crippen molar-refractivity contribution in [3.63, 3.8) is 0 Å². The van der Waals surface area contributed by atoms with E-state index in [4.69, 9.17) is 9.47 Å². The molecule has 1 amide bonds. The summed E-state index contributed by atoms with van der Waals surface area (Å²) in [7, 11) is 1.42. The Morgan fingerprint density at radius 1 is 1.27 bits per heavy atom. The van der Waals surface area contributed by atoms with Crippen LogP contribution in [0.25, 0.3) is 0 Å². The lowest BCUT2D eigenvalue weighted by molar-refractivity contribution is -0.152. The number of hydrogen-bond acceptors (Lipinski definition) is 5. The number of hydrogen-bond donors (Lipinski definition) is 0. The predicted molar refractivity (Wildman–Crippen MR) is 82.4 cm³/mol. The van der Waals surface area contributed by atoms with Crippen LogP contribution in [0.3, 0.4) is 0 Å². The number of nitrogens with zero attached hydrogens (tertiary/aromatic N) is 2. The second-order valence-electron chi connectivity index (χ2n) is 7.04. The SMILES string of the molecule is COC(=O)C1CCN(C(=O)CN2CC(C)OC(C)(C)C2)CC1. The van der Waals surface area contributed by atoms with Gasteiger partial charge in [-0.2, -0.15) is 0 Å². The van der Waals surface area contributed by atoms with Crippen LogP contribution in [0, 0.1) is 5.92 Å². The van der Waals surface area contributed by atoms with E-state index in [9.17, 15) is 9.59 Å². The highest BCUT2D eigenvalue weighted by Gasteiger charge is 2.34. The second kappa shape index (κ2) is 6.96. The fourth-order valence-corrected chi connectivity index (χ4v) is 3.53. The summed E-state index contributed by atoms with van der Waals surface area (Å²) in [5.41, 5.74) is -0.212. The van der Waals surface area contributed by atoms with Crippen molar-refractivity contribution in [3.05, 3.63) is 0 Å². The molecule has 126 valence electrons. The monoisotopic (exact) mass is 312 g/mol. The number of carbonyl (C=O) groups is 2. The smallest absolute Gasteiger partial charge is 0.308 e. The zero-order valence-corrected chi connectivity index (χ0v) is 14.1. The highest BCUT2D eigenvalue weighted by molar-refractivity contribution is 5.79. The summed E-state index contributed by atoms with van der Waals surface area (Å²) in [6.45, 7) is 9.42. The maximum Gasteiger partial charge on any atom is 0.308 e. The van der Waals surface area contributed by atoms with Crippen molar-refractivity contribution in [1.29, 1.82) is 0 Å². The van der Waals surface area contributed by atoms with Gasteiger partial charge in [-0.3, -0.25) is 14.5 Å². The Kier molecular flexibility index (Phi) is 5.45. The molecule has 2 aliphatic rings. The summed E-state index contributed by atoms with van der Waals surface area (Å²) in [5.74, 6) is -0.0690. The van der Waals surface area contributed by atoms with Gasteiger partial charge in [-0.05, 0) is 33.6 Å². The number of carbonyl (C=O) groups excluding carboxylic acids is 2. The Labute approximate surface area is 132 Å². The minimum Gasteiger partial charge on any atom is -0.469 e. The van der Waals surface area contributed by atoms with Crippen LogP contribution in [-0.4, -0.2) is 73.2 Å². The van der Waals surface area contributed by atoms with E-state index >= 15 is 0 Å². The van der Waals surface area contributed by atoms with E-state index in [1.165, 1.54) is 7.11 Å². The molecule has 0 aromatic heterocycles. The van der Waals surface area contributed by atoms with Crippen molar-refractivity contribution in [3.8, 4) is 0 Å². The molecule has 22 heavy (non-hydrogen) atoms. The topological polar surface area (TPSA) is 59.1 Å². The number of rotatable bonds is 3. The molecule has 0 spiro atoms. The molecule has 2 heterocycles. The van der Waals surface area contributed by atoms with E-state index in [-0.39, 0.29) is 29.5 Å². The Balaban J connectivity index is 1.82. The minimum atomic E-state index is -0.212. The van der Waals surface area contributed by atoms with Gasteiger partial charge in [0.25, 0.3) is 0 Å². The van der Waals surface area contributed by atoms with E-state index in [1.54, 1.807) is 0 Å². The Bertz CT molecular complexity index is 416. The Morgan fingerprint density at radius 3 is 2.45 bits per heavy atom. The maximum absolute atomic E-state index is 12.5. The van der Waals surface area contributed by atoms with Gasteiger partial charge in [0.15, 0.2) is 0 Å². The van der Waals surface area contributed by atoms with Crippen molar-refractivity contribution in [2.75, 3.05) is 39.8 Å². The van der Waals surface area contributed by atoms with Gasteiger partial charge in [-0.25, -0.2) is 0 Å². The largest absolute Gasteiger partial charge is 0.469 e. The lowest BCUT2D eigenvalue weighted by atomic mass is 9.97. The highest BCUT2D eigenvalue weighted by atomic mass is 16.5. The first-order valence-electron chi connectivity index (χ1n) is 8.06. The number of amides is 1. The minimum absolute atomic E-state index is 0.0589. The number of likely N-dealkylation sites (tertiary alicyclic amines) is 1. The zero-order valence-electron chi connectivity index (χ0n) is 14.1. The number of piperidine rings is 1. The molecule has 0 saturated carbocycles. The molecule has 1 atom stereocenters. The quantitative estimate of drug-likeness (QED) is 0.725. The lowest BCUT2D eigenvalue weighted by Gasteiger charge is -2.42. The number of esters is 1. The van der Waals surface area contributed by atoms with E-state index in [0.29, 0.717) is 32.5 Å². The van der Waals surface area contributed by atoms with Gasteiger partial charge in [0.2, 0.25) is 5.91 Å². The van der Waals surface area contributed by atoms with Crippen molar-refractivity contribution >= 4 is 11.9 Å². The second-order valence-corrected chi connectivity index (χ2v) is 7.04. The van der Waals surface area contributed by atoms with Gasteiger partial charge in [-0.1, -0.05) is 0 Å². The molecule has 0 aromatic carbocycles. The first-order valence-corrected chi connectivity index (χ1v) is 8.06. The van der Waals surface area contributed by atoms with Gasteiger partial charge < -0.3 is 14.4 Å². The van der Waals surface area contributed by atoms with Crippen molar-refractivity contribution < 1.29 is 19.1 Å². The molecule has 0 radical (unpaired) electrons. The lowest BCUT2D eigenvalue weighted by Crippen LogP contribution is -2.55. The van der Waals surface area contributed by atoms with Crippen LogP contribution in [0.5, 0.6) is 0 Å². The molecule has 2 saturated heterocycles. The van der Waals surface area contributed by atoms with Gasteiger partial charge in [0.1, 0.15) is 0 Å². The molecule has 0 bridgehead atoms. The highest BCUT2D eigenvalue weighted by Crippen LogP contribution is 2.22. The molecule has 1 unspecified atom stereocenters. The number of ether oxygens (including phenoxy) is 2. The van der Waals surface area contributed by atoms with Crippen LogP contribution >= 0.6 is 0 Å². The number of morpholine rings is 1. The average Bonchev–Trinajstić information content (AvgIpc) is 2.44. The molecule has 2 aliphatic heterocycles. The van der Waals surface area contributed by atoms with E-state index < -0.39 is 0 Å². The van der Waals surface area contributed by atoms with Crippen LogP contribution in [0.4, 0.5) is 0 Å². The molecule has 0 N–H and O–H groups in total. The van der Waals surface area contributed by atoms with E-state index in [1.807, 2.05) is 11.8 Å². The van der Waals surface area contributed by atoms with Crippen LogP contribution in [0.2, 0.25) is 0 Å². The first-order chi connectivity index (χ1) is 10.3. The van der Waals surface area contributed by atoms with E-state index in [0.717, 1.165) is 13.1 Å². The van der Waals surface area contributed by atoms with Crippen molar-refractivity contribution in [1.82, 2.24) is 9.80 Å². The molecule has 0 aliphatic carbocycles. The maximum atomic E-state index is 12.5. The molecule has 2 fully saturated rings. The molecule has 0 aromatic rings. The van der Waals surface area contributed by atoms with Gasteiger partial charge >= 0.3 is 5.97 Å². The van der Waals surface area contributed by atoms with Gasteiger partial charge in [-0.15, -0.1) is 0 Å². The third-order valence-electron chi connectivity index (χ3n) is 4.38. The fraction of sp³-hybridized carbons (Fsp3) is 0.875. The molecular weight excluding hydrogens is 284 g/mol. The summed E-state index contributed by atoms with van der Waals surface area (Å²) in [4.78, 5) is 28.0. The summed E-state index contributed by atoms with van der Waals surface area (Å²) >= 11 is 0. The van der Waals surface area contributed by atoms with Crippen molar-refractivity contribution in [2.24, 2.45) is 5.92 Å². The first kappa shape index (κ1) is 17.2. The normalized spacial score (nSPS) is 26.7. The summed E-state index contributed by atoms with van der Waals surface area (Å²) in [5, 5.41) is 0. The van der Waals surface area contributed by atoms with Crippen LogP contribution < -0.4 is 0 Å². The van der Waals surface area contributed by atoms with E-state index in [2.05, 4.69) is 18.7 Å². The van der Waals surface area contributed by atoms with Crippen LogP contribution in [0.15, 0.2) is 0 Å². The standard InChI is InChI=1S/C16H28N2O4/c1-12-9-17(11-16(2,3)22-12)10-14(19)18-7-5-13(6-8-18)15(20)21-4/h12-13H,5-11H2,1-4H3. The summed E-state index contributed by atoms with van der Waals surface area (Å²) in [6, 6.07) is 0. The predicted octanol–water partition coefficient (Wildman–Crippen LogP) is 0.897. The van der Waals surface area contributed by atoms with Crippen LogP contribution in [0.1, 0.15) is 33.6 Å². The Morgan fingerprint density at radius 2 is 1.91 bits per heavy atom.